The highest BCUT2D eigenvalue weighted by Crippen LogP contribution is 2.20. The van der Waals surface area contributed by atoms with Gasteiger partial charge in [0.25, 0.3) is 0 Å². The molecule has 0 aromatic heterocycles. The summed E-state index contributed by atoms with van der Waals surface area (Å²) in [5.41, 5.74) is 2.71. The second kappa shape index (κ2) is 7.31. The Labute approximate surface area is 123 Å². The third kappa shape index (κ3) is 4.25. The van der Waals surface area contributed by atoms with E-state index in [1.807, 2.05) is 0 Å². The van der Waals surface area contributed by atoms with Crippen LogP contribution in [0.3, 0.4) is 0 Å². The zero-order valence-electron chi connectivity index (χ0n) is 12.7. The van der Waals surface area contributed by atoms with E-state index < -0.39 is 0 Å². The van der Waals surface area contributed by atoms with Crippen molar-refractivity contribution in [2.75, 3.05) is 19.6 Å². The maximum Gasteiger partial charge on any atom is 0.0598 e. The Bertz CT molecular complexity index is 467. The van der Waals surface area contributed by atoms with Gasteiger partial charge < -0.3 is 0 Å². The molecule has 20 heavy (non-hydrogen) atoms. The fraction of sp³-hybridized carbons (Fsp3) is 0.474. The normalized spacial score (nSPS) is 17.7. The maximum absolute atomic E-state index is 5.36. The van der Waals surface area contributed by atoms with Gasteiger partial charge in [-0.1, -0.05) is 56.2 Å². The number of hydrogen-bond acceptors (Lipinski definition) is 1. The molecule has 1 aliphatic rings. The maximum atomic E-state index is 5.36. The molecule has 0 aliphatic carbocycles. The van der Waals surface area contributed by atoms with Gasteiger partial charge in [-0.05, 0) is 48.9 Å². The third-order valence-electron chi connectivity index (χ3n) is 4.11. The number of nitrogens with zero attached hydrogens (tertiary/aromatic N) is 1. The second-order valence-corrected chi connectivity index (χ2v) is 6.00. The summed E-state index contributed by atoms with van der Waals surface area (Å²) in [5, 5.41) is 0. The molecular formula is C19H25N. The van der Waals surface area contributed by atoms with Crippen molar-refractivity contribution >= 4 is 6.08 Å². The van der Waals surface area contributed by atoms with Gasteiger partial charge in [-0.3, -0.25) is 4.90 Å². The molecule has 1 aromatic carbocycles. The van der Waals surface area contributed by atoms with Crippen LogP contribution in [-0.2, 0) is 0 Å². The molecule has 0 radical (unpaired) electrons. The number of piperidine rings is 1. The molecule has 0 N–H and O–H groups in total. The summed E-state index contributed by atoms with van der Waals surface area (Å²) in [4.78, 5) is 2.36. The molecule has 0 spiro atoms. The molecular weight excluding hydrogens is 242 g/mol. The van der Waals surface area contributed by atoms with Crippen LogP contribution in [0.4, 0.5) is 0 Å². The molecule has 106 valence electrons. The fourth-order valence-corrected chi connectivity index (χ4v) is 2.67. The van der Waals surface area contributed by atoms with Gasteiger partial charge >= 0.3 is 0 Å². The van der Waals surface area contributed by atoms with Gasteiger partial charge in [0, 0.05) is 0 Å². The van der Waals surface area contributed by atoms with Crippen molar-refractivity contribution in [1.82, 2.24) is 4.90 Å². The minimum atomic E-state index is 0.605. The van der Waals surface area contributed by atoms with E-state index >= 15 is 0 Å². The summed E-state index contributed by atoms with van der Waals surface area (Å²) in [5.74, 6) is 4.04. The lowest BCUT2D eigenvalue weighted by atomic mass is 9.95. The fourth-order valence-electron chi connectivity index (χ4n) is 2.67. The summed E-state index contributed by atoms with van der Waals surface area (Å²) in [6.45, 7) is 7.52. The van der Waals surface area contributed by atoms with E-state index in [-0.39, 0.29) is 0 Å². The molecule has 0 amide bonds. The van der Waals surface area contributed by atoms with Crippen molar-refractivity contribution in [2.45, 2.75) is 32.6 Å². The number of terminal acetylenes is 1. The molecule has 1 heterocycles. The number of hydrogen-bond donors (Lipinski definition) is 0. The second-order valence-electron chi connectivity index (χ2n) is 6.00. The quantitative estimate of drug-likeness (QED) is 0.740. The van der Waals surface area contributed by atoms with Gasteiger partial charge in [0.05, 0.1) is 6.54 Å². The van der Waals surface area contributed by atoms with Crippen molar-refractivity contribution in [3.63, 3.8) is 0 Å². The average Bonchev–Trinajstić information content (AvgIpc) is 2.47. The predicted octanol–water partition coefficient (Wildman–Crippen LogP) is 4.17. The van der Waals surface area contributed by atoms with Gasteiger partial charge in [-0.25, -0.2) is 0 Å². The molecule has 0 saturated carbocycles. The number of rotatable bonds is 4. The van der Waals surface area contributed by atoms with Crippen LogP contribution in [-0.4, -0.2) is 24.5 Å². The van der Waals surface area contributed by atoms with Crippen LogP contribution in [0.5, 0.6) is 0 Å². The minimum Gasteiger partial charge on any atom is -0.292 e. The predicted molar refractivity (Wildman–Crippen MR) is 87.6 cm³/mol. The zero-order chi connectivity index (χ0) is 14.4. The Hall–Kier alpha value is -1.52. The van der Waals surface area contributed by atoms with Gasteiger partial charge in [0.2, 0.25) is 0 Å². The number of allylic oxidation sites excluding steroid dienone is 1. The Balaban J connectivity index is 1.86. The van der Waals surface area contributed by atoms with E-state index in [0.29, 0.717) is 11.8 Å². The summed E-state index contributed by atoms with van der Waals surface area (Å²) in [6, 6.07) is 8.92. The van der Waals surface area contributed by atoms with E-state index in [4.69, 9.17) is 6.42 Å². The van der Waals surface area contributed by atoms with Crippen LogP contribution in [0.15, 0.2) is 30.3 Å². The lowest BCUT2D eigenvalue weighted by Gasteiger charge is -2.28. The first-order chi connectivity index (χ1) is 9.69. The largest absolute Gasteiger partial charge is 0.292 e. The van der Waals surface area contributed by atoms with Gasteiger partial charge in [-0.15, -0.1) is 6.42 Å². The van der Waals surface area contributed by atoms with Crippen LogP contribution in [0.25, 0.3) is 6.08 Å². The zero-order valence-corrected chi connectivity index (χ0v) is 12.7. The average molecular weight is 267 g/mol. The van der Waals surface area contributed by atoms with E-state index in [9.17, 15) is 0 Å². The van der Waals surface area contributed by atoms with Crippen LogP contribution >= 0.6 is 0 Å². The molecule has 1 saturated heterocycles. The molecule has 0 unspecified atom stereocenters. The van der Waals surface area contributed by atoms with Crippen molar-refractivity contribution in [3.05, 3.63) is 41.5 Å². The summed E-state index contributed by atoms with van der Waals surface area (Å²) < 4.78 is 0. The third-order valence-corrected chi connectivity index (χ3v) is 4.11. The van der Waals surface area contributed by atoms with E-state index in [0.717, 1.165) is 19.6 Å². The molecule has 1 fully saturated rings. The van der Waals surface area contributed by atoms with Crippen molar-refractivity contribution in [1.29, 1.82) is 0 Å². The number of likely N-dealkylation sites (tertiary alicyclic amines) is 1. The highest BCUT2D eigenvalue weighted by atomic mass is 15.1. The Morgan fingerprint density at radius 1 is 1.25 bits per heavy atom. The lowest BCUT2D eigenvalue weighted by Crippen LogP contribution is -2.33. The SMILES string of the molecule is C#CCN1CCC(/C=C/c2ccc(C(C)C)cc2)CC1. The Morgan fingerprint density at radius 3 is 2.45 bits per heavy atom. The Morgan fingerprint density at radius 2 is 1.90 bits per heavy atom. The molecule has 0 atom stereocenters. The minimum absolute atomic E-state index is 0.605. The van der Waals surface area contributed by atoms with Gasteiger partial charge in [-0.2, -0.15) is 0 Å². The van der Waals surface area contributed by atoms with E-state index in [2.05, 4.69) is 61.1 Å². The smallest absolute Gasteiger partial charge is 0.0598 e. The summed E-state index contributed by atoms with van der Waals surface area (Å²) in [6.07, 6.45) is 12.4. The molecule has 0 bridgehead atoms. The van der Waals surface area contributed by atoms with Gasteiger partial charge in [0.1, 0.15) is 0 Å². The number of benzene rings is 1. The van der Waals surface area contributed by atoms with Crippen molar-refractivity contribution in [2.24, 2.45) is 5.92 Å². The first-order valence-electron chi connectivity index (χ1n) is 7.63. The Kier molecular flexibility index (Phi) is 5.44. The first kappa shape index (κ1) is 14.9. The highest BCUT2D eigenvalue weighted by Gasteiger charge is 2.15. The highest BCUT2D eigenvalue weighted by molar-refractivity contribution is 5.50. The molecule has 1 nitrogen and oxygen atoms in total. The summed E-state index contributed by atoms with van der Waals surface area (Å²) >= 11 is 0. The lowest BCUT2D eigenvalue weighted by molar-refractivity contribution is 0.226. The van der Waals surface area contributed by atoms with Crippen molar-refractivity contribution in [3.8, 4) is 12.3 Å². The van der Waals surface area contributed by atoms with Crippen LogP contribution in [0.2, 0.25) is 0 Å². The molecule has 1 heteroatoms. The molecule has 2 rings (SSSR count). The van der Waals surface area contributed by atoms with E-state index in [1.54, 1.807) is 0 Å². The van der Waals surface area contributed by atoms with Crippen molar-refractivity contribution < 1.29 is 0 Å². The first-order valence-corrected chi connectivity index (χ1v) is 7.63. The van der Waals surface area contributed by atoms with Crippen LogP contribution in [0.1, 0.15) is 43.7 Å². The topological polar surface area (TPSA) is 3.24 Å². The molecule has 1 aliphatic heterocycles. The van der Waals surface area contributed by atoms with Crippen LogP contribution in [0, 0.1) is 18.3 Å². The van der Waals surface area contributed by atoms with E-state index in [1.165, 1.54) is 24.0 Å². The van der Waals surface area contributed by atoms with Crippen LogP contribution < -0.4 is 0 Å². The summed E-state index contributed by atoms with van der Waals surface area (Å²) in [7, 11) is 0. The monoisotopic (exact) mass is 267 g/mol. The molecule has 1 aromatic rings. The standard InChI is InChI=1S/C19H25N/c1-4-13-20-14-11-18(12-15-20)6-5-17-7-9-19(10-8-17)16(2)3/h1,5-10,16,18H,11-15H2,2-3H3/b6-5+. The van der Waals surface area contributed by atoms with Gasteiger partial charge in [0.15, 0.2) is 0 Å².